The van der Waals surface area contributed by atoms with Crippen molar-refractivity contribution < 1.29 is 24.3 Å². The summed E-state index contributed by atoms with van der Waals surface area (Å²) in [7, 11) is 1.61. The van der Waals surface area contributed by atoms with Crippen LogP contribution >= 0.6 is 23.2 Å². The van der Waals surface area contributed by atoms with E-state index in [-0.39, 0.29) is 43.0 Å². The Labute approximate surface area is 250 Å². The zero-order valence-electron chi connectivity index (χ0n) is 23.6. The van der Waals surface area contributed by atoms with Gasteiger partial charge in [-0.15, -0.1) is 0 Å². The fourth-order valence-electron chi connectivity index (χ4n) is 6.52. The van der Waals surface area contributed by atoms with Crippen LogP contribution in [0.4, 0.5) is 4.79 Å². The zero-order chi connectivity index (χ0) is 29.9. The van der Waals surface area contributed by atoms with Crippen molar-refractivity contribution in [3.05, 3.63) is 69.7 Å². The smallest absolute Gasteiger partial charge is 0.327 e. The zero-order valence-corrected chi connectivity index (χ0v) is 25.2. The Morgan fingerprint density at radius 1 is 0.976 bits per heavy atom. The van der Waals surface area contributed by atoms with Gasteiger partial charge in [0.25, 0.3) is 5.91 Å². The Balaban J connectivity index is 1.67. The topological polar surface area (TPSA) is 98.2 Å². The summed E-state index contributed by atoms with van der Waals surface area (Å²) in [6.45, 7) is 5.17. The molecule has 218 valence electrons. The number of amides is 4. The van der Waals surface area contributed by atoms with Crippen LogP contribution in [0.2, 0.25) is 10.0 Å². The number of benzene rings is 2. The van der Waals surface area contributed by atoms with E-state index in [1.807, 2.05) is 30.3 Å². The van der Waals surface area contributed by atoms with Gasteiger partial charge in [0.05, 0.1) is 30.5 Å². The lowest BCUT2D eigenvalue weighted by molar-refractivity contribution is -0.161. The molecule has 2 saturated heterocycles. The molecule has 8 nitrogen and oxygen atoms in total. The van der Waals surface area contributed by atoms with Crippen LogP contribution in [0.25, 0.3) is 0 Å². The fourth-order valence-corrected chi connectivity index (χ4v) is 6.84. The van der Waals surface area contributed by atoms with Gasteiger partial charge in [-0.05, 0) is 74.4 Å². The molecular weight excluding hydrogens is 565 g/mol. The summed E-state index contributed by atoms with van der Waals surface area (Å²) in [6.07, 6.45) is 1.63. The predicted molar refractivity (Wildman–Crippen MR) is 156 cm³/mol. The van der Waals surface area contributed by atoms with E-state index in [4.69, 9.17) is 23.2 Å². The normalized spacial score (nSPS) is 27.0. The lowest BCUT2D eigenvalue weighted by Crippen LogP contribution is -2.59. The van der Waals surface area contributed by atoms with Crippen LogP contribution in [0.1, 0.15) is 69.5 Å². The van der Waals surface area contributed by atoms with Crippen LogP contribution in [0.5, 0.6) is 0 Å². The van der Waals surface area contributed by atoms with E-state index >= 15 is 0 Å². The van der Waals surface area contributed by atoms with Crippen molar-refractivity contribution in [2.45, 2.75) is 70.0 Å². The molecule has 0 radical (unpaired) electrons. The third kappa shape index (κ3) is 5.32. The Morgan fingerprint density at radius 3 is 2.17 bits per heavy atom. The van der Waals surface area contributed by atoms with Crippen molar-refractivity contribution in [1.29, 1.82) is 0 Å². The Hall–Kier alpha value is -3.10. The molecule has 1 aliphatic carbocycles. The molecule has 5 rings (SSSR count). The van der Waals surface area contributed by atoms with Crippen LogP contribution in [0, 0.1) is 11.3 Å². The fraction of sp³-hybridized carbons (Fsp3) is 0.484. The van der Waals surface area contributed by atoms with Crippen molar-refractivity contribution in [2.24, 2.45) is 11.3 Å². The van der Waals surface area contributed by atoms with E-state index in [9.17, 15) is 24.3 Å². The minimum atomic E-state index is -1.22. The van der Waals surface area contributed by atoms with Crippen LogP contribution in [-0.2, 0) is 14.4 Å². The van der Waals surface area contributed by atoms with Crippen LogP contribution in [-0.4, -0.2) is 68.8 Å². The average molecular weight is 601 g/mol. The van der Waals surface area contributed by atoms with Gasteiger partial charge in [0.15, 0.2) is 0 Å². The van der Waals surface area contributed by atoms with Crippen molar-refractivity contribution in [3.63, 3.8) is 0 Å². The molecule has 1 unspecified atom stereocenters. The van der Waals surface area contributed by atoms with E-state index in [0.717, 1.165) is 24.0 Å². The first-order valence-electron chi connectivity index (χ1n) is 13.9. The summed E-state index contributed by atoms with van der Waals surface area (Å²) < 4.78 is 0. The summed E-state index contributed by atoms with van der Waals surface area (Å²) in [6, 6.07) is 13.4. The van der Waals surface area contributed by atoms with Gasteiger partial charge in [0.2, 0.25) is 5.91 Å². The first kappa shape index (κ1) is 29.4. The molecule has 0 spiro atoms. The molecule has 2 aliphatic heterocycles. The number of likely N-dealkylation sites (tertiary alicyclic amines) is 1. The monoisotopic (exact) mass is 599 g/mol. The third-order valence-electron chi connectivity index (χ3n) is 9.15. The summed E-state index contributed by atoms with van der Waals surface area (Å²) in [5, 5.41) is 11.0. The van der Waals surface area contributed by atoms with Gasteiger partial charge in [0, 0.05) is 23.0 Å². The average Bonchev–Trinajstić information content (AvgIpc) is 3.73. The van der Waals surface area contributed by atoms with Gasteiger partial charge >= 0.3 is 12.0 Å². The van der Waals surface area contributed by atoms with E-state index in [0.29, 0.717) is 10.0 Å². The number of carboxylic acid groups (broad SMARTS) is 1. The van der Waals surface area contributed by atoms with E-state index < -0.39 is 35.0 Å². The number of nitrogens with zero attached hydrogens (tertiary/aromatic N) is 3. The minimum Gasteiger partial charge on any atom is -0.481 e. The molecule has 0 aromatic heterocycles. The van der Waals surface area contributed by atoms with Gasteiger partial charge in [-0.2, -0.15) is 0 Å². The standard InChI is InChI=1S/C31H35Cl2N3O5/c1-30(2)27(39)35(29(41)34(30)4)17-24(18-8-9-18)36-26(19-10-12-21(32)13-11-19)23(20-6-5-7-22(33)14-20)15-31(3,28(36)40)16-25(37)38/h5-7,10-14,18,23-24,26H,8-9,15-17H2,1-4H3,(H,37,38)/t23-,24?,26-,31-/m1/s1. The van der Waals surface area contributed by atoms with Crippen molar-refractivity contribution in [3.8, 4) is 0 Å². The van der Waals surface area contributed by atoms with Crippen LogP contribution in [0.3, 0.4) is 0 Å². The largest absolute Gasteiger partial charge is 0.481 e. The molecule has 4 atom stereocenters. The summed E-state index contributed by atoms with van der Waals surface area (Å²) in [5.41, 5.74) is -0.500. The highest BCUT2D eigenvalue weighted by atomic mass is 35.5. The summed E-state index contributed by atoms with van der Waals surface area (Å²) in [4.78, 5) is 57.9. The summed E-state index contributed by atoms with van der Waals surface area (Å²) >= 11 is 12.7. The number of rotatable bonds is 8. The SMILES string of the molecule is CN1C(=O)N(CC(C2CC2)N2C(=O)[C@@](C)(CC(=O)O)C[C@H](c3cccc(Cl)c3)[C@H]2c2ccc(Cl)cc2)C(=O)C1(C)C. The first-order chi connectivity index (χ1) is 19.2. The molecular formula is C31H35Cl2N3O5. The van der Waals surface area contributed by atoms with E-state index in [2.05, 4.69) is 0 Å². The lowest BCUT2D eigenvalue weighted by atomic mass is 9.67. The number of carbonyl (C=O) groups is 4. The molecule has 4 amide bonds. The van der Waals surface area contributed by atoms with Crippen molar-refractivity contribution >= 4 is 47.0 Å². The Bertz CT molecular complexity index is 1390. The number of piperidine rings is 1. The Morgan fingerprint density at radius 2 is 1.63 bits per heavy atom. The number of aliphatic carboxylic acids is 1. The van der Waals surface area contributed by atoms with Crippen LogP contribution < -0.4 is 0 Å². The third-order valence-corrected chi connectivity index (χ3v) is 9.64. The number of carboxylic acids is 1. The molecule has 2 heterocycles. The summed E-state index contributed by atoms with van der Waals surface area (Å²) in [5.74, 6) is -1.91. The second-order valence-corrected chi connectivity index (χ2v) is 13.3. The maximum Gasteiger partial charge on any atom is 0.327 e. The quantitative estimate of drug-likeness (QED) is 0.376. The molecule has 1 N–H and O–H groups in total. The van der Waals surface area contributed by atoms with E-state index in [1.54, 1.807) is 50.9 Å². The molecule has 3 aliphatic rings. The van der Waals surface area contributed by atoms with Crippen molar-refractivity contribution in [2.75, 3.05) is 13.6 Å². The molecule has 41 heavy (non-hydrogen) atoms. The molecule has 0 bridgehead atoms. The molecule has 2 aromatic rings. The highest BCUT2D eigenvalue weighted by molar-refractivity contribution is 6.30. The molecule has 3 fully saturated rings. The number of likely N-dealkylation sites (N-methyl/N-ethyl adjacent to an activating group) is 1. The number of carbonyl (C=O) groups excluding carboxylic acids is 3. The molecule has 2 aromatic carbocycles. The van der Waals surface area contributed by atoms with Crippen LogP contribution in [0.15, 0.2) is 48.5 Å². The van der Waals surface area contributed by atoms with Gasteiger partial charge in [0.1, 0.15) is 5.54 Å². The predicted octanol–water partition coefficient (Wildman–Crippen LogP) is 5.98. The first-order valence-corrected chi connectivity index (χ1v) is 14.7. The maximum absolute atomic E-state index is 14.6. The van der Waals surface area contributed by atoms with Crippen molar-refractivity contribution in [1.82, 2.24) is 14.7 Å². The molecule has 1 saturated carbocycles. The number of halogens is 2. The second kappa shape index (κ2) is 10.6. The lowest BCUT2D eigenvalue weighted by Gasteiger charge is -2.52. The number of hydrogen-bond acceptors (Lipinski definition) is 4. The highest BCUT2D eigenvalue weighted by Gasteiger charge is 2.57. The Kier molecular flexibility index (Phi) is 7.62. The van der Waals surface area contributed by atoms with Gasteiger partial charge in [-0.1, -0.05) is 54.4 Å². The number of hydrogen-bond donors (Lipinski definition) is 1. The maximum atomic E-state index is 14.6. The second-order valence-electron chi connectivity index (χ2n) is 12.4. The molecule has 10 heteroatoms. The number of urea groups is 1. The van der Waals surface area contributed by atoms with Gasteiger partial charge < -0.3 is 14.9 Å². The minimum absolute atomic E-state index is 0.0390. The van der Waals surface area contributed by atoms with Gasteiger partial charge in [-0.25, -0.2) is 4.79 Å². The van der Waals surface area contributed by atoms with E-state index in [1.165, 1.54) is 9.80 Å². The highest BCUT2D eigenvalue weighted by Crippen LogP contribution is 2.54. The number of imide groups is 1. The van der Waals surface area contributed by atoms with Gasteiger partial charge in [-0.3, -0.25) is 19.3 Å².